The Hall–Kier alpha value is -2.00. The van der Waals surface area contributed by atoms with E-state index in [-0.39, 0.29) is 5.75 Å². The van der Waals surface area contributed by atoms with Crippen molar-refractivity contribution in [3.8, 4) is 5.75 Å². The molecule has 3 rings (SSSR count). The van der Waals surface area contributed by atoms with Gasteiger partial charge in [0.15, 0.2) is 0 Å². The van der Waals surface area contributed by atoms with E-state index in [9.17, 15) is 5.11 Å². The van der Waals surface area contributed by atoms with Crippen LogP contribution >= 0.6 is 0 Å². The minimum absolute atomic E-state index is 0.230. The number of hydrogen-bond donors (Lipinski definition) is 2. The molecular weight excluding hydrogens is 238 g/mol. The van der Waals surface area contributed by atoms with Gasteiger partial charge >= 0.3 is 0 Å². The second-order valence-electron chi connectivity index (χ2n) is 5.11. The first-order valence-corrected chi connectivity index (χ1v) is 6.51. The smallest absolute Gasteiger partial charge is 0.139 e. The van der Waals surface area contributed by atoms with Gasteiger partial charge in [-0.25, -0.2) is 0 Å². The number of fused-ring (bicyclic) bond motifs is 3. The lowest BCUT2D eigenvalue weighted by Gasteiger charge is -2.08. The molecule has 0 saturated heterocycles. The van der Waals surface area contributed by atoms with Crippen molar-refractivity contribution in [3.63, 3.8) is 0 Å². The highest BCUT2D eigenvalue weighted by molar-refractivity contribution is 6.07. The summed E-state index contributed by atoms with van der Waals surface area (Å²) in [4.78, 5) is 0. The molecule has 0 aliphatic heterocycles. The first kappa shape index (κ1) is 12.1. The van der Waals surface area contributed by atoms with Crippen LogP contribution in [0.4, 0.5) is 0 Å². The van der Waals surface area contributed by atoms with E-state index in [1.165, 1.54) is 5.56 Å². The Bertz CT molecular complexity index is 728. The molecule has 0 amide bonds. The first-order valence-electron chi connectivity index (χ1n) is 6.51. The fourth-order valence-electron chi connectivity index (χ4n) is 2.35. The van der Waals surface area contributed by atoms with Crippen LogP contribution in [-0.4, -0.2) is 11.1 Å². The normalized spacial score (nSPS) is 11.7. The fourth-order valence-corrected chi connectivity index (χ4v) is 2.35. The molecule has 98 valence electrons. The summed E-state index contributed by atoms with van der Waals surface area (Å²) in [6.45, 7) is 5.07. The van der Waals surface area contributed by atoms with E-state index in [4.69, 9.17) is 4.42 Å². The van der Waals surface area contributed by atoms with Crippen LogP contribution in [0.5, 0.6) is 5.75 Å². The average molecular weight is 255 g/mol. The van der Waals surface area contributed by atoms with Crippen molar-refractivity contribution < 1.29 is 9.52 Å². The number of phenols is 1. The summed E-state index contributed by atoms with van der Waals surface area (Å²) < 4.78 is 5.79. The van der Waals surface area contributed by atoms with E-state index in [1.807, 2.05) is 18.2 Å². The minimum atomic E-state index is 0.230. The van der Waals surface area contributed by atoms with Crippen LogP contribution in [-0.2, 0) is 6.54 Å². The molecule has 3 aromatic rings. The summed E-state index contributed by atoms with van der Waals surface area (Å²) in [6, 6.07) is 11.8. The van der Waals surface area contributed by atoms with E-state index in [2.05, 4.69) is 25.2 Å². The van der Waals surface area contributed by atoms with Crippen LogP contribution in [0.1, 0.15) is 19.4 Å². The Labute approximate surface area is 111 Å². The maximum atomic E-state index is 9.53. The summed E-state index contributed by atoms with van der Waals surface area (Å²) in [5.74, 6) is 0.230. The zero-order valence-corrected chi connectivity index (χ0v) is 11.1. The standard InChI is InChI=1S/C16H17NO2/c1-10(2)17-9-11-4-3-5-14-16(11)13-7-6-12(18)8-15(13)19-14/h3-8,10,17-18H,9H2,1-2H3. The van der Waals surface area contributed by atoms with Crippen molar-refractivity contribution in [1.82, 2.24) is 5.32 Å². The topological polar surface area (TPSA) is 45.4 Å². The molecule has 3 heteroatoms. The van der Waals surface area contributed by atoms with E-state index < -0.39 is 0 Å². The van der Waals surface area contributed by atoms with E-state index in [0.29, 0.717) is 6.04 Å². The van der Waals surface area contributed by atoms with Gasteiger partial charge in [-0.3, -0.25) is 0 Å². The molecule has 1 aromatic heterocycles. The van der Waals surface area contributed by atoms with E-state index in [1.54, 1.807) is 12.1 Å². The second-order valence-corrected chi connectivity index (χ2v) is 5.11. The van der Waals surface area contributed by atoms with Crippen molar-refractivity contribution in [1.29, 1.82) is 0 Å². The second kappa shape index (κ2) is 4.59. The molecule has 2 aromatic carbocycles. The number of benzene rings is 2. The third kappa shape index (κ3) is 2.17. The van der Waals surface area contributed by atoms with Gasteiger partial charge < -0.3 is 14.8 Å². The van der Waals surface area contributed by atoms with Crippen LogP contribution < -0.4 is 5.32 Å². The summed E-state index contributed by atoms with van der Waals surface area (Å²) in [5, 5.41) is 15.1. The highest BCUT2D eigenvalue weighted by Gasteiger charge is 2.11. The van der Waals surface area contributed by atoms with Crippen molar-refractivity contribution in [3.05, 3.63) is 42.0 Å². The number of aromatic hydroxyl groups is 1. The molecule has 0 bridgehead atoms. The minimum Gasteiger partial charge on any atom is -0.508 e. The van der Waals surface area contributed by atoms with Crippen molar-refractivity contribution in [2.75, 3.05) is 0 Å². The van der Waals surface area contributed by atoms with Crippen LogP contribution in [0.25, 0.3) is 21.9 Å². The molecule has 2 N–H and O–H groups in total. The molecule has 0 aliphatic rings. The van der Waals surface area contributed by atoms with Gasteiger partial charge in [0.05, 0.1) is 0 Å². The molecule has 0 radical (unpaired) electrons. The molecular formula is C16H17NO2. The predicted octanol–water partition coefficient (Wildman–Crippen LogP) is 3.79. The Balaban J connectivity index is 2.19. The van der Waals surface area contributed by atoms with Crippen molar-refractivity contribution in [2.24, 2.45) is 0 Å². The predicted molar refractivity (Wildman–Crippen MR) is 77.4 cm³/mol. The monoisotopic (exact) mass is 255 g/mol. The lowest BCUT2D eigenvalue weighted by Crippen LogP contribution is -2.21. The highest BCUT2D eigenvalue weighted by Crippen LogP contribution is 2.33. The molecule has 19 heavy (non-hydrogen) atoms. The van der Waals surface area contributed by atoms with Crippen molar-refractivity contribution >= 4 is 21.9 Å². The summed E-state index contributed by atoms with van der Waals surface area (Å²) >= 11 is 0. The van der Waals surface area contributed by atoms with Gasteiger partial charge in [0.25, 0.3) is 0 Å². The SMILES string of the molecule is CC(C)NCc1cccc2oc3cc(O)ccc3c12. The number of phenolic OH excluding ortho intramolecular Hbond substituents is 1. The number of hydrogen-bond acceptors (Lipinski definition) is 3. The van der Waals surface area contributed by atoms with Gasteiger partial charge in [-0.2, -0.15) is 0 Å². The van der Waals surface area contributed by atoms with Gasteiger partial charge in [-0.05, 0) is 23.8 Å². The lowest BCUT2D eigenvalue weighted by atomic mass is 10.1. The Morgan fingerprint density at radius 2 is 2.00 bits per heavy atom. The number of nitrogens with one attached hydrogen (secondary N) is 1. The van der Waals surface area contributed by atoms with Crippen LogP contribution in [0.3, 0.4) is 0 Å². The highest BCUT2D eigenvalue weighted by atomic mass is 16.3. The van der Waals surface area contributed by atoms with Gasteiger partial charge in [0.1, 0.15) is 16.9 Å². The maximum absolute atomic E-state index is 9.53. The first-order chi connectivity index (χ1) is 9.15. The third-order valence-corrected chi connectivity index (χ3v) is 3.27. The molecule has 1 heterocycles. The van der Waals surface area contributed by atoms with E-state index >= 15 is 0 Å². The van der Waals surface area contributed by atoms with E-state index in [0.717, 1.165) is 28.5 Å². The van der Waals surface area contributed by atoms with Gasteiger partial charge in [0, 0.05) is 29.4 Å². The molecule has 0 fully saturated rings. The number of furan rings is 1. The zero-order valence-electron chi connectivity index (χ0n) is 11.1. The molecule has 0 atom stereocenters. The summed E-state index contributed by atoms with van der Waals surface area (Å²) in [7, 11) is 0. The lowest BCUT2D eigenvalue weighted by molar-refractivity contribution is 0.475. The van der Waals surface area contributed by atoms with Crippen molar-refractivity contribution in [2.45, 2.75) is 26.4 Å². The summed E-state index contributed by atoms with van der Waals surface area (Å²) in [5.41, 5.74) is 2.81. The Morgan fingerprint density at radius 3 is 2.79 bits per heavy atom. The maximum Gasteiger partial charge on any atom is 0.139 e. The van der Waals surface area contributed by atoms with Gasteiger partial charge in [-0.15, -0.1) is 0 Å². The fraction of sp³-hybridized carbons (Fsp3) is 0.250. The number of rotatable bonds is 3. The van der Waals surface area contributed by atoms with Crippen LogP contribution in [0, 0.1) is 0 Å². The molecule has 0 saturated carbocycles. The average Bonchev–Trinajstić information content (AvgIpc) is 2.73. The van der Waals surface area contributed by atoms with Crippen LogP contribution in [0.2, 0.25) is 0 Å². The molecule has 0 spiro atoms. The molecule has 0 unspecified atom stereocenters. The Kier molecular flexibility index (Phi) is 2.91. The zero-order chi connectivity index (χ0) is 13.4. The van der Waals surface area contributed by atoms with Crippen LogP contribution in [0.15, 0.2) is 40.8 Å². The third-order valence-electron chi connectivity index (χ3n) is 3.27. The largest absolute Gasteiger partial charge is 0.508 e. The van der Waals surface area contributed by atoms with Gasteiger partial charge in [-0.1, -0.05) is 26.0 Å². The quantitative estimate of drug-likeness (QED) is 0.748. The molecule has 3 nitrogen and oxygen atoms in total. The van der Waals surface area contributed by atoms with Gasteiger partial charge in [0.2, 0.25) is 0 Å². The molecule has 0 aliphatic carbocycles. The summed E-state index contributed by atoms with van der Waals surface area (Å²) in [6.07, 6.45) is 0. The Morgan fingerprint density at radius 1 is 1.16 bits per heavy atom.